The predicted octanol–water partition coefficient (Wildman–Crippen LogP) is -0.668. The van der Waals surface area contributed by atoms with Crippen molar-refractivity contribution in [1.29, 1.82) is 0 Å². The summed E-state index contributed by atoms with van der Waals surface area (Å²) in [4.78, 5) is 53.6. The molecule has 0 fully saturated rings. The minimum absolute atomic E-state index is 0. The summed E-state index contributed by atoms with van der Waals surface area (Å²) in [6.07, 6.45) is -1.83. The van der Waals surface area contributed by atoms with Crippen LogP contribution in [-0.2, 0) is 24.0 Å². The number of carboxylic acid groups (broad SMARTS) is 7. The van der Waals surface area contributed by atoms with Crippen LogP contribution in [-0.4, -0.2) is 97.9 Å². The number of hydrogen-bond donors (Lipinski definition) is 11. The van der Waals surface area contributed by atoms with Gasteiger partial charge in [0.1, 0.15) is 0 Å². The van der Waals surface area contributed by atoms with Gasteiger partial charge >= 0.3 is 6.16 Å². The maximum atomic E-state index is 9.00. The van der Waals surface area contributed by atoms with Gasteiger partial charge in [0.15, 0.2) is 0 Å². The van der Waals surface area contributed by atoms with Crippen LogP contribution in [0.2, 0.25) is 0 Å². The molecule has 0 saturated carbocycles. The summed E-state index contributed by atoms with van der Waals surface area (Å²) in [5.41, 5.74) is 10.3. The highest BCUT2D eigenvalue weighted by molar-refractivity contribution is 5.63. The van der Waals surface area contributed by atoms with Crippen molar-refractivity contribution >= 4 is 36.0 Å². The van der Waals surface area contributed by atoms with E-state index >= 15 is 0 Å². The first-order chi connectivity index (χ1) is 13.8. The molecule has 0 spiro atoms. The average molecular weight is 482 g/mol. The van der Waals surface area contributed by atoms with Crippen LogP contribution in [0.25, 0.3) is 0 Å². The van der Waals surface area contributed by atoms with Crippen molar-refractivity contribution in [3.8, 4) is 0 Å². The summed E-state index contributed by atoms with van der Waals surface area (Å²) in [6.45, 7) is 8.55. The smallest absolute Gasteiger partial charge is 0.481 e. The number of carboxylic acids is 5. The summed E-state index contributed by atoms with van der Waals surface area (Å²) in [5, 5.41) is 54.1. The Bertz CT molecular complexity index is 340. The maximum Gasteiger partial charge on any atom is 0.503 e. The number of hydrogen-bond acceptors (Lipinski definition) is 10. The van der Waals surface area contributed by atoms with Crippen molar-refractivity contribution in [3.63, 3.8) is 0 Å². The van der Waals surface area contributed by atoms with Gasteiger partial charge in [-0.15, -0.1) is 0 Å². The topological polar surface area (TPSA) is 343 Å². The lowest BCUT2D eigenvalue weighted by Gasteiger charge is -1.95. The zero-order valence-electron chi connectivity index (χ0n) is 18.8. The lowest BCUT2D eigenvalue weighted by molar-refractivity contribution is -0.135. The fraction of sp³-hybridized carbons (Fsp3) is 0.600. The Kier molecular flexibility index (Phi) is 81.3. The van der Waals surface area contributed by atoms with E-state index in [9.17, 15) is 0 Å². The minimum atomic E-state index is -1.83. The van der Waals surface area contributed by atoms with Gasteiger partial charge < -0.3 is 58.7 Å². The molecule has 0 aromatic carbocycles. The van der Waals surface area contributed by atoms with Crippen LogP contribution < -0.4 is 22.9 Å². The number of nitrogens with one attached hydrogen (secondary N) is 1. The molecular weight excluding hydrogens is 444 g/mol. The van der Waals surface area contributed by atoms with E-state index in [1.807, 2.05) is 0 Å². The average Bonchev–Trinajstić information content (AvgIpc) is 2.44. The van der Waals surface area contributed by atoms with E-state index in [0.29, 0.717) is 13.1 Å². The first-order valence-corrected chi connectivity index (χ1v) is 7.81. The van der Waals surface area contributed by atoms with Gasteiger partial charge in [0.2, 0.25) is 0 Å². The molecule has 0 aromatic rings. The molecule has 0 aliphatic carbocycles. The van der Waals surface area contributed by atoms with Crippen molar-refractivity contribution in [2.45, 2.75) is 34.6 Å². The van der Waals surface area contributed by atoms with E-state index in [2.05, 4.69) is 5.32 Å². The predicted molar refractivity (Wildman–Crippen MR) is 113 cm³/mol. The van der Waals surface area contributed by atoms with Crippen molar-refractivity contribution in [2.75, 3.05) is 26.2 Å². The molecule has 17 nitrogen and oxygen atoms in total. The highest BCUT2D eigenvalue weighted by Gasteiger charge is 1.76. The highest BCUT2D eigenvalue weighted by Crippen LogP contribution is 1.49. The Labute approximate surface area is 185 Å². The van der Waals surface area contributed by atoms with E-state index in [4.69, 9.17) is 76.0 Å². The van der Waals surface area contributed by atoms with Crippen LogP contribution >= 0.6 is 0 Å². The first-order valence-electron chi connectivity index (χ1n) is 7.81. The van der Waals surface area contributed by atoms with E-state index in [0.717, 1.165) is 47.7 Å². The lowest BCUT2D eigenvalue weighted by Crippen LogP contribution is -2.27. The standard InChI is InChI=1S/C4H13N3.5C2H4O2.CH2O3.H3N/c5-1-3-7-4-2-6;5*1-2(3)4;2-1(3)4;/h7H,1-6H2;5*1H3,(H,3,4);(H2,2,3,4);1H3. The van der Waals surface area contributed by atoms with Gasteiger partial charge in [0, 0.05) is 60.8 Å². The number of carbonyl (C=O) groups is 6. The van der Waals surface area contributed by atoms with Crippen molar-refractivity contribution in [2.24, 2.45) is 11.5 Å². The second kappa shape index (κ2) is 50.8. The Hall–Kier alpha value is -3.54. The Morgan fingerprint density at radius 1 is 0.531 bits per heavy atom. The van der Waals surface area contributed by atoms with E-state index in [-0.39, 0.29) is 6.15 Å². The summed E-state index contributed by atoms with van der Waals surface area (Å²) < 4.78 is 0. The molecule has 32 heavy (non-hydrogen) atoms. The second-order valence-corrected chi connectivity index (χ2v) is 4.21. The molecule has 0 amide bonds. The third-order valence-electron chi connectivity index (χ3n) is 0.642. The fourth-order valence-corrected chi connectivity index (χ4v) is 0.329. The fourth-order valence-electron chi connectivity index (χ4n) is 0.329. The molecule has 0 bridgehead atoms. The molecule has 0 rings (SSSR count). The van der Waals surface area contributed by atoms with Gasteiger partial charge in [-0.25, -0.2) is 4.79 Å². The Morgan fingerprint density at radius 3 is 0.688 bits per heavy atom. The van der Waals surface area contributed by atoms with E-state index < -0.39 is 36.0 Å². The van der Waals surface area contributed by atoms with Crippen LogP contribution in [0.15, 0.2) is 0 Å². The molecule has 17 heteroatoms. The molecule has 0 atom stereocenters. The molecule has 0 aliphatic rings. The summed E-state index contributed by atoms with van der Waals surface area (Å²) in [6, 6.07) is 0. The van der Waals surface area contributed by atoms with Crippen molar-refractivity contribution in [1.82, 2.24) is 11.5 Å². The molecular formula is C15H38N4O13. The van der Waals surface area contributed by atoms with Gasteiger partial charge in [0.05, 0.1) is 0 Å². The van der Waals surface area contributed by atoms with Gasteiger partial charge in [0.25, 0.3) is 29.8 Å². The molecule has 0 radical (unpaired) electrons. The van der Waals surface area contributed by atoms with Crippen LogP contribution in [0, 0.1) is 0 Å². The van der Waals surface area contributed by atoms with Gasteiger partial charge in [-0.05, 0) is 0 Å². The quantitative estimate of drug-likeness (QED) is 0.221. The van der Waals surface area contributed by atoms with E-state index in [1.54, 1.807) is 0 Å². The SMILES string of the molecule is CC(=O)O.CC(=O)O.CC(=O)O.CC(=O)O.CC(=O)O.N.NCCNCCN.O=C(O)O. The Balaban J connectivity index is -0.0000000353. The van der Waals surface area contributed by atoms with Crippen LogP contribution in [0.5, 0.6) is 0 Å². The van der Waals surface area contributed by atoms with Crippen LogP contribution in [0.4, 0.5) is 4.79 Å². The third-order valence-corrected chi connectivity index (χ3v) is 0.642. The molecule has 0 unspecified atom stereocenters. The third kappa shape index (κ3) is 81100. The van der Waals surface area contributed by atoms with E-state index in [1.165, 1.54) is 0 Å². The maximum absolute atomic E-state index is 9.00. The number of aliphatic carboxylic acids is 5. The molecule has 15 N–H and O–H groups in total. The zero-order chi connectivity index (χ0) is 27.0. The van der Waals surface area contributed by atoms with Crippen LogP contribution in [0.1, 0.15) is 34.6 Å². The summed E-state index contributed by atoms with van der Waals surface area (Å²) >= 11 is 0. The number of rotatable bonds is 4. The minimum Gasteiger partial charge on any atom is -0.481 e. The summed E-state index contributed by atoms with van der Waals surface area (Å²) in [7, 11) is 0. The largest absolute Gasteiger partial charge is 0.503 e. The van der Waals surface area contributed by atoms with Crippen molar-refractivity contribution < 1.29 is 64.5 Å². The van der Waals surface area contributed by atoms with Gasteiger partial charge in [-0.1, -0.05) is 0 Å². The van der Waals surface area contributed by atoms with Gasteiger partial charge in [-0.2, -0.15) is 0 Å². The molecule has 0 aliphatic heterocycles. The molecule has 0 aromatic heterocycles. The highest BCUT2D eigenvalue weighted by atomic mass is 16.6. The molecule has 0 heterocycles. The molecule has 196 valence electrons. The Morgan fingerprint density at radius 2 is 0.625 bits per heavy atom. The first kappa shape index (κ1) is 51.3. The lowest BCUT2D eigenvalue weighted by atomic mass is 10.6. The monoisotopic (exact) mass is 482 g/mol. The van der Waals surface area contributed by atoms with Crippen molar-refractivity contribution in [3.05, 3.63) is 0 Å². The second-order valence-electron chi connectivity index (χ2n) is 4.21. The normalized spacial score (nSPS) is 6.72. The summed E-state index contributed by atoms with van der Waals surface area (Å²) in [5.74, 6) is -4.17. The number of nitrogens with two attached hydrogens (primary N) is 2. The van der Waals surface area contributed by atoms with Gasteiger partial charge in [-0.3, -0.25) is 24.0 Å². The zero-order valence-corrected chi connectivity index (χ0v) is 18.8. The molecule has 0 saturated heterocycles. The van der Waals surface area contributed by atoms with Crippen LogP contribution in [0.3, 0.4) is 0 Å².